The fourth-order valence-electron chi connectivity index (χ4n) is 3.26. The number of rotatable bonds is 7. The van der Waals surface area contributed by atoms with Crippen LogP contribution in [0.15, 0.2) is 72.8 Å². The zero-order valence-electron chi connectivity index (χ0n) is 18.4. The molecule has 0 bridgehead atoms. The highest BCUT2D eigenvalue weighted by atomic mass is 35.5. The van der Waals surface area contributed by atoms with E-state index in [9.17, 15) is 13.2 Å². The molecule has 0 atom stereocenters. The van der Waals surface area contributed by atoms with Gasteiger partial charge in [-0.1, -0.05) is 59.3 Å². The molecule has 1 N–H and O–H groups in total. The normalized spacial score (nSPS) is 11.3. The van der Waals surface area contributed by atoms with Gasteiger partial charge in [-0.3, -0.25) is 14.4 Å². The predicted octanol–water partition coefficient (Wildman–Crippen LogP) is 5.39. The van der Waals surface area contributed by atoms with E-state index in [1.807, 2.05) is 37.3 Å². The molecule has 10 heteroatoms. The first kappa shape index (κ1) is 23.9. The minimum absolute atomic E-state index is 0.158. The Morgan fingerprint density at radius 3 is 2.38 bits per heavy atom. The topological polar surface area (TPSA) is 92.3 Å². The molecule has 1 aromatic heterocycles. The molecule has 0 unspecified atom stereocenters. The van der Waals surface area contributed by atoms with Gasteiger partial charge < -0.3 is 0 Å². The second kappa shape index (κ2) is 9.92. The van der Waals surface area contributed by atoms with Gasteiger partial charge in [-0.15, -0.1) is 10.2 Å². The molecule has 1 heterocycles. The van der Waals surface area contributed by atoms with Crippen molar-refractivity contribution >= 4 is 49.7 Å². The number of hydrogen-bond donors (Lipinski definition) is 1. The van der Waals surface area contributed by atoms with Gasteiger partial charge in [-0.25, -0.2) is 8.42 Å². The number of anilines is 2. The van der Waals surface area contributed by atoms with E-state index in [1.54, 1.807) is 42.5 Å². The van der Waals surface area contributed by atoms with E-state index in [0.29, 0.717) is 26.4 Å². The summed E-state index contributed by atoms with van der Waals surface area (Å²) in [6.45, 7) is 2.07. The monoisotopic (exact) mass is 512 g/mol. The largest absolute Gasteiger partial charge is 0.296 e. The number of amides is 1. The lowest BCUT2D eigenvalue weighted by Gasteiger charge is -2.23. The zero-order chi connectivity index (χ0) is 24.3. The van der Waals surface area contributed by atoms with E-state index in [1.165, 1.54) is 21.9 Å². The third-order valence-corrected chi connectivity index (χ3v) is 7.25. The molecular weight excluding hydrogens is 492 g/mol. The minimum atomic E-state index is -3.49. The summed E-state index contributed by atoms with van der Waals surface area (Å²) in [6.07, 6.45) is 1.18. The van der Waals surface area contributed by atoms with Crippen LogP contribution in [0.5, 0.6) is 0 Å². The number of aromatic nitrogens is 2. The van der Waals surface area contributed by atoms with Gasteiger partial charge in [0.05, 0.1) is 18.5 Å². The van der Waals surface area contributed by atoms with Gasteiger partial charge in [0.1, 0.15) is 5.01 Å². The van der Waals surface area contributed by atoms with Crippen molar-refractivity contribution in [3.63, 3.8) is 0 Å². The van der Waals surface area contributed by atoms with Crippen molar-refractivity contribution in [1.29, 1.82) is 0 Å². The van der Waals surface area contributed by atoms with Gasteiger partial charge in [0.2, 0.25) is 15.2 Å². The lowest BCUT2D eigenvalue weighted by Crippen LogP contribution is -2.29. The summed E-state index contributed by atoms with van der Waals surface area (Å²) in [5, 5.41) is 12.6. The Kier molecular flexibility index (Phi) is 6.97. The van der Waals surface area contributed by atoms with Crippen molar-refractivity contribution in [3.8, 4) is 10.6 Å². The summed E-state index contributed by atoms with van der Waals surface area (Å²) in [6, 6.07) is 21.3. The summed E-state index contributed by atoms with van der Waals surface area (Å²) in [7, 11) is -3.49. The van der Waals surface area contributed by atoms with Gasteiger partial charge in [0, 0.05) is 16.1 Å². The smallest absolute Gasteiger partial charge is 0.257 e. The molecule has 0 saturated carbocycles. The fraction of sp³-hybridized carbons (Fsp3) is 0.125. The Labute approximate surface area is 207 Å². The Bertz CT molecular complexity index is 1420. The average Bonchev–Trinajstić information content (AvgIpc) is 3.26. The third kappa shape index (κ3) is 5.80. The molecule has 174 valence electrons. The van der Waals surface area contributed by atoms with E-state index in [-0.39, 0.29) is 12.5 Å². The van der Waals surface area contributed by atoms with Gasteiger partial charge >= 0.3 is 0 Å². The first-order valence-corrected chi connectivity index (χ1v) is 13.3. The van der Waals surface area contributed by atoms with E-state index in [0.717, 1.165) is 16.7 Å². The van der Waals surface area contributed by atoms with E-state index >= 15 is 0 Å². The highest BCUT2D eigenvalue weighted by Gasteiger charge is 2.18. The third-order valence-electron chi connectivity index (χ3n) is 4.97. The maximum absolute atomic E-state index is 12.7. The van der Waals surface area contributed by atoms with Gasteiger partial charge in [0.15, 0.2) is 0 Å². The lowest BCUT2D eigenvalue weighted by molar-refractivity contribution is 0.102. The molecule has 0 aliphatic rings. The van der Waals surface area contributed by atoms with Crippen molar-refractivity contribution in [2.45, 2.75) is 13.5 Å². The highest BCUT2D eigenvalue weighted by molar-refractivity contribution is 7.92. The Hall–Kier alpha value is -3.27. The number of hydrogen-bond acceptors (Lipinski definition) is 6. The van der Waals surface area contributed by atoms with Crippen molar-refractivity contribution in [2.75, 3.05) is 15.9 Å². The number of benzene rings is 3. The Morgan fingerprint density at radius 2 is 1.74 bits per heavy atom. The van der Waals surface area contributed by atoms with Crippen LogP contribution in [-0.4, -0.2) is 30.8 Å². The van der Waals surface area contributed by atoms with Crippen LogP contribution < -0.4 is 9.62 Å². The van der Waals surface area contributed by atoms with Crippen molar-refractivity contribution in [2.24, 2.45) is 0 Å². The van der Waals surface area contributed by atoms with Crippen LogP contribution in [-0.2, 0) is 16.6 Å². The number of nitrogens with zero attached hydrogens (tertiary/aromatic N) is 3. The SMILES string of the molecule is Cc1cccc(N(Cc2ccc(C(=O)Nc3nnc(-c4ccc(Cl)cc4)s3)cc2)S(C)(=O)=O)c1. The number of carbonyl (C=O) groups is 1. The molecule has 0 aliphatic carbocycles. The molecular formula is C24H21ClN4O3S2. The summed E-state index contributed by atoms with van der Waals surface area (Å²) >= 11 is 7.17. The van der Waals surface area contributed by atoms with E-state index in [4.69, 9.17) is 11.6 Å². The van der Waals surface area contributed by atoms with Crippen LogP contribution in [0.25, 0.3) is 10.6 Å². The number of aryl methyl sites for hydroxylation is 1. The van der Waals surface area contributed by atoms with Crippen LogP contribution in [0.1, 0.15) is 21.5 Å². The molecule has 7 nitrogen and oxygen atoms in total. The Morgan fingerprint density at radius 1 is 1.03 bits per heavy atom. The molecule has 0 fully saturated rings. The van der Waals surface area contributed by atoms with Gasteiger partial charge in [-0.2, -0.15) is 0 Å². The standard InChI is InChI=1S/C24H21ClN4O3S2/c1-16-4-3-5-21(14-16)29(34(2,31)32)15-17-6-8-18(9-7-17)22(30)26-24-28-27-23(33-24)19-10-12-20(25)13-11-19/h3-14H,15H2,1-2H3,(H,26,28,30). The minimum Gasteiger partial charge on any atom is -0.296 e. The van der Waals surface area contributed by atoms with Crippen LogP contribution in [0.3, 0.4) is 0 Å². The second-order valence-corrected chi connectivity index (χ2v) is 11.0. The lowest BCUT2D eigenvalue weighted by atomic mass is 10.1. The van der Waals surface area contributed by atoms with Crippen molar-refractivity contribution in [1.82, 2.24) is 10.2 Å². The number of halogens is 1. The quantitative estimate of drug-likeness (QED) is 0.358. The maximum atomic E-state index is 12.7. The Balaban J connectivity index is 1.46. The zero-order valence-corrected chi connectivity index (χ0v) is 20.8. The predicted molar refractivity (Wildman–Crippen MR) is 137 cm³/mol. The van der Waals surface area contributed by atoms with E-state index in [2.05, 4.69) is 15.5 Å². The molecule has 4 aromatic rings. The number of nitrogens with one attached hydrogen (secondary N) is 1. The van der Waals surface area contributed by atoms with Gasteiger partial charge in [-0.05, 0) is 54.4 Å². The molecule has 0 spiro atoms. The summed E-state index contributed by atoms with van der Waals surface area (Å²) < 4.78 is 26.1. The van der Waals surface area contributed by atoms with Crippen LogP contribution in [0.2, 0.25) is 5.02 Å². The second-order valence-electron chi connectivity index (χ2n) is 7.68. The summed E-state index contributed by atoms with van der Waals surface area (Å²) in [5.41, 5.74) is 3.60. The van der Waals surface area contributed by atoms with E-state index < -0.39 is 10.0 Å². The van der Waals surface area contributed by atoms with Crippen LogP contribution in [0, 0.1) is 6.92 Å². The summed E-state index contributed by atoms with van der Waals surface area (Å²) in [4.78, 5) is 12.7. The van der Waals surface area contributed by atoms with Crippen molar-refractivity contribution in [3.05, 3.63) is 94.5 Å². The molecule has 3 aromatic carbocycles. The molecule has 0 saturated heterocycles. The fourth-order valence-corrected chi connectivity index (χ4v) is 5.01. The van der Waals surface area contributed by atoms with Gasteiger partial charge in [0.25, 0.3) is 5.91 Å². The number of carbonyl (C=O) groups excluding carboxylic acids is 1. The first-order valence-electron chi connectivity index (χ1n) is 10.2. The van der Waals surface area contributed by atoms with Crippen molar-refractivity contribution < 1.29 is 13.2 Å². The average molecular weight is 513 g/mol. The highest BCUT2D eigenvalue weighted by Crippen LogP contribution is 2.28. The molecule has 34 heavy (non-hydrogen) atoms. The molecule has 0 aliphatic heterocycles. The number of sulfonamides is 1. The molecule has 0 radical (unpaired) electrons. The van der Waals surface area contributed by atoms with Crippen LogP contribution in [0.4, 0.5) is 10.8 Å². The molecule has 4 rings (SSSR count). The molecule has 1 amide bonds. The summed E-state index contributed by atoms with van der Waals surface area (Å²) in [5.74, 6) is -0.330. The van der Waals surface area contributed by atoms with Crippen LogP contribution >= 0.6 is 22.9 Å². The maximum Gasteiger partial charge on any atom is 0.257 e. The first-order chi connectivity index (χ1) is 16.2.